The van der Waals surface area contributed by atoms with Gasteiger partial charge in [0.15, 0.2) is 0 Å². The Balaban J connectivity index is 3.08. The van der Waals surface area contributed by atoms with Crippen LogP contribution in [0.3, 0.4) is 0 Å². The third-order valence-electron chi connectivity index (χ3n) is 2.62. The van der Waals surface area contributed by atoms with E-state index in [-0.39, 0.29) is 33.7 Å². The van der Waals surface area contributed by atoms with Crippen LogP contribution in [0.25, 0.3) is 0 Å². The molecule has 126 valence electrons. The number of rotatable bonds is 7. The molecule has 0 radical (unpaired) electrons. The van der Waals surface area contributed by atoms with E-state index in [0.29, 0.717) is 0 Å². The standard InChI is InChI=1S/C10H14Cl2N2O6S2/c1-2-14(5-6-20-22(17,18)19)21(15,16)8-4-3-7(13)9(11)10(8)12/h3-4H,2,5-6,13H2,1H3,(H,17,18,19)/p-1. The molecule has 0 aliphatic rings. The van der Waals surface area contributed by atoms with E-state index in [0.717, 1.165) is 4.31 Å². The molecular formula is C10H13Cl2N2O6S2-. The van der Waals surface area contributed by atoms with Crippen LogP contribution in [-0.4, -0.2) is 45.4 Å². The Morgan fingerprint density at radius 3 is 2.32 bits per heavy atom. The van der Waals surface area contributed by atoms with Gasteiger partial charge in [0.25, 0.3) is 0 Å². The summed E-state index contributed by atoms with van der Waals surface area (Å²) in [6.45, 7) is 0.566. The molecule has 0 spiro atoms. The number of nitrogens with zero attached hydrogens (tertiary/aromatic N) is 1. The summed E-state index contributed by atoms with van der Waals surface area (Å²) < 4.78 is 60.9. The first-order valence-corrected chi connectivity index (χ1v) is 9.37. The van der Waals surface area contributed by atoms with Gasteiger partial charge in [-0.25, -0.2) is 16.8 Å². The molecule has 22 heavy (non-hydrogen) atoms. The van der Waals surface area contributed by atoms with Crippen molar-refractivity contribution in [3.63, 3.8) is 0 Å². The second-order valence-electron chi connectivity index (χ2n) is 4.01. The number of nitrogen functional groups attached to an aromatic ring is 1. The summed E-state index contributed by atoms with van der Waals surface area (Å²) in [6, 6.07) is 2.47. The Kier molecular flexibility index (Phi) is 6.45. The fourth-order valence-corrected chi connectivity index (χ4v) is 4.04. The number of hydrogen-bond acceptors (Lipinski definition) is 7. The maximum Gasteiger partial charge on any atom is 0.244 e. The fraction of sp³-hybridized carbons (Fsp3) is 0.400. The van der Waals surface area contributed by atoms with Crippen molar-refractivity contribution in [3.05, 3.63) is 22.2 Å². The smallest absolute Gasteiger partial charge is 0.244 e. The highest BCUT2D eigenvalue weighted by Gasteiger charge is 2.27. The van der Waals surface area contributed by atoms with E-state index >= 15 is 0 Å². The van der Waals surface area contributed by atoms with Gasteiger partial charge in [0.1, 0.15) is 4.90 Å². The van der Waals surface area contributed by atoms with Crippen LogP contribution >= 0.6 is 23.2 Å². The molecule has 0 saturated heterocycles. The first-order valence-electron chi connectivity index (χ1n) is 5.84. The van der Waals surface area contributed by atoms with Crippen molar-refractivity contribution in [1.82, 2.24) is 4.31 Å². The molecule has 0 heterocycles. The van der Waals surface area contributed by atoms with Crippen molar-refractivity contribution < 1.29 is 25.6 Å². The predicted octanol–water partition coefficient (Wildman–Crippen LogP) is 1.06. The SMILES string of the molecule is CCN(CCOS(=O)(=O)[O-])S(=O)(=O)c1ccc(N)c(Cl)c1Cl. The second kappa shape index (κ2) is 7.30. The van der Waals surface area contributed by atoms with E-state index in [4.69, 9.17) is 28.9 Å². The lowest BCUT2D eigenvalue weighted by molar-refractivity contribution is 0.240. The summed E-state index contributed by atoms with van der Waals surface area (Å²) in [4.78, 5) is -0.278. The van der Waals surface area contributed by atoms with Gasteiger partial charge < -0.3 is 10.3 Å². The molecule has 0 atom stereocenters. The Bertz CT molecular complexity index is 751. The summed E-state index contributed by atoms with van der Waals surface area (Å²) >= 11 is 11.7. The average Bonchev–Trinajstić information content (AvgIpc) is 2.39. The number of nitrogens with two attached hydrogens (primary N) is 1. The minimum absolute atomic E-state index is 0.00290. The van der Waals surface area contributed by atoms with Crippen LogP contribution in [0.1, 0.15) is 6.92 Å². The summed E-state index contributed by atoms with van der Waals surface area (Å²) in [6.07, 6.45) is 0. The zero-order valence-electron chi connectivity index (χ0n) is 11.3. The van der Waals surface area contributed by atoms with Crippen LogP contribution in [0, 0.1) is 0 Å². The molecule has 0 unspecified atom stereocenters. The number of benzene rings is 1. The summed E-state index contributed by atoms with van der Waals surface area (Å²) in [5.74, 6) is 0. The lowest BCUT2D eigenvalue weighted by atomic mass is 10.3. The van der Waals surface area contributed by atoms with Crippen LogP contribution in [0.4, 0.5) is 5.69 Å². The van der Waals surface area contributed by atoms with Gasteiger partial charge in [-0.05, 0) is 12.1 Å². The lowest BCUT2D eigenvalue weighted by Crippen LogP contribution is -2.34. The van der Waals surface area contributed by atoms with Crippen molar-refractivity contribution in [2.24, 2.45) is 0 Å². The summed E-state index contributed by atoms with van der Waals surface area (Å²) in [7, 11) is -8.95. The molecule has 0 aromatic heterocycles. The summed E-state index contributed by atoms with van der Waals surface area (Å²) in [5.41, 5.74) is 5.64. The molecule has 12 heteroatoms. The van der Waals surface area contributed by atoms with Gasteiger partial charge in [-0.15, -0.1) is 0 Å². The van der Waals surface area contributed by atoms with Crippen molar-refractivity contribution in [1.29, 1.82) is 0 Å². The van der Waals surface area contributed by atoms with Gasteiger partial charge in [0.05, 0.1) is 22.3 Å². The molecule has 0 amide bonds. The van der Waals surface area contributed by atoms with Gasteiger partial charge in [-0.3, -0.25) is 4.18 Å². The van der Waals surface area contributed by atoms with Crippen molar-refractivity contribution in [3.8, 4) is 0 Å². The summed E-state index contributed by atoms with van der Waals surface area (Å²) in [5, 5.41) is -0.338. The molecular weight excluding hydrogens is 379 g/mol. The van der Waals surface area contributed by atoms with Crippen molar-refractivity contribution >= 4 is 49.3 Å². The lowest BCUT2D eigenvalue weighted by Gasteiger charge is -2.21. The van der Waals surface area contributed by atoms with Gasteiger partial charge in [0.2, 0.25) is 20.4 Å². The molecule has 2 N–H and O–H groups in total. The topological polar surface area (TPSA) is 130 Å². The van der Waals surface area contributed by atoms with Gasteiger partial charge in [-0.1, -0.05) is 30.1 Å². The second-order valence-corrected chi connectivity index (χ2v) is 7.72. The fourth-order valence-electron chi connectivity index (χ4n) is 1.57. The van der Waals surface area contributed by atoms with E-state index < -0.39 is 27.0 Å². The maximum atomic E-state index is 12.5. The average molecular weight is 392 g/mol. The van der Waals surface area contributed by atoms with Crippen LogP contribution in [0.5, 0.6) is 0 Å². The normalized spacial score (nSPS) is 12.8. The van der Waals surface area contributed by atoms with E-state index in [1.165, 1.54) is 19.1 Å². The maximum absolute atomic E-state index is 12.5. The van der Waals surface area contributed by atoms with Crippen LogP contribution in [-0.2, 0) is 24.6 Å². The Morgan fingerprint density at radius 2 is 1.82 bits per heavy atom. The third kappa shape index (κ3) is 4.69. The highest BCUT2D eigenvalue weighted by molar-refractivity contribution is 7.89. The zero-order chi connectivity index (χ0) is 17.1. The highest BCUT2D eigenvalue weighted by atomic mass is 35.5. The van der Waals surface area contributed by atoms with Crippen molar-refractivity contribution in [2.75, 3.05) is 25.4 Å². The quantitative estimate of drug-likeness (QED) is 0.417. The predicted molar refractivity (Wildman–Crippen MR) is 81.0 cm³/mol. The molecule has 0 aliphatic carbocycles. The van der Waals surface area contributed by atoms with Crippen LogP contribution in [0.15, 0.2) is 17.0 Å². The third-order valence-corrected chi connectivity index (χ3v) is 6.10. The monoisotopic (exact) mass is 391 g/mol. The van der Waals surface area contributed by atoms with E-state index in [1.54, 1.807) is 0 Å². The highest BCUT2D eigenvalue weighted by Crippen LogP contribution is 2.34. The van der Waals surface area contributed by atoms with E-state index in [9.17, 15) is 21.4 Å². The Morgan fingerprint density at radius 1 is 1.23 bits per heavy atom. The Labute approximate surface area is 138 Å². The number of sulfonamides is 1. The molecule has 1 aromatic rings. The van der Waals surface area contributed by atoms with Crippen LogP contribution in [0.2, 0.25) is 10.0 Å². The van der Waals surface area contributed by atoms with Gasteiger partial charge >= 0.3 is 0 Å². The minimum atomic E-state index is -4.89. The first kappa shape index (κ1) is 19.4. The van der Waals surface area contributed by atoms with Crippen LogP contribution < -0.4 is 5.73 Å². The molecule has 1 rings (SSSR count). The molecule has 0 bridgehead atoms. The number of likely N-dealkylation sites (N-methyl/N-ethyl adjacent to an activating group) is 1. The molecule has 0 aliphatic heterocycles. The van der Waals surface area contributed by atoms with E-state index in [1.807, 2.05) is 0 Å². The molecule has 1 aromatic carbocycles. The number of hydrogen-bond donors (Lipinski definition) is 1. The zero-order valence-corrected chi connectivity index (χ0v) is 14.5. The first-order chi connectivity index (χ1) is 10.0. The number of anilines is 1. The molecule has 8 nitrogen and oxygen atoms in total. The van der Waals surface area contributed by atoms with Gasteiger partial charge in [-0.2, -0.15) is 4.31 Å². The van der Waals surface area contributed by atoms with E-state index in [2.05, 4.69) is 4.18 Å². The minimum Gasteiger partial charge on any atom is -0.726 e. The number of halogens is 2. The molecule has 0 fully saturated rings. The molecule has 0 saturated carbocycles. The Hall–Kier alpha value is -0.620. The largest absolute Gasteiger partial charge is 0.726 e. The van der Waals surface area contributed by atoms with Gasteiger partial charge in [0, 0.05) is 13.1 Å². The van der Waals surface area contributed by atoms with Crippen molar-refractivity contribution in [2.45, 2.75) is 11.8 Å².